The molecule has 5 rings (SSSR count). The van der Waals surface area contributed by atoms with Gasteiger partial charge in [0.05, 0.1) is 25.4 Å². The summed E-state index contributed by atoms with van der Waals surface area (Å²) < 4.78 is 0. The number of carbonyl (C=O) groups excluding carboxylic acids is 1. The molecule has 5 aliphatic rings. The Hall–Kier alpha value is -0.490. The quantitative estimate of drug-likeness (QED) is 0.706. The van der Waals surface area contributed by atoms with Gasteiger partial charge in [0.2, 0.25) is 0 Å². The maximum absolute atomic E-state index is 12.9. The van der Waals surface area contributed by atoms with Gasteiger partial charge in [-0.05, 0) is 25.9 Å². The molecule has 0 aliphatic carbocycles. The van der Waals surface area contributed by atoms with E-state index in [-0.39, 0.29) is 5.41 Å². The highest BCUT2D eigenvalue weighted by molar-refractivity contribution is 5.88. The fourth-order valence-electron chi connectivity index (χ4n) is 4.47. The largest absolute Gasteiger partial charge is 0.317 e. The minimum atomic E-state index is -0.0727. The second kappa shape index (κ2) is 4.00. The molecule has 4 bridgehead atoms. The molecular weight excluding hydrogens is 228 g/mol. The topological polar surface area (TPSA) is 38.8 Å². The number of carbonyl (C=O) groups is 1. The van der Waals surface area contributed by atoms with Crippen molar-refractivity contribution in [3.05, 3.63) is 0 Å². The molecule has 5 saturated heterocycles. The van der Waals surface area contributed by atoms with Gasteiger partial charge < -0.3 is 5.32 Å². The van der Waals surface area contributed by atoms with Crippen LogP contribution in [0.1, 0.15) is 12.8 Å². The molecule has 0 aromatic heterocycles. The maximum atomic E-state index is 12.9. The Morgan fingerprint density at radius 3 is 1.94 bits per heavy atom. The minimum absolute atomic E-state index is 0.0727. The van der Waals surface area contributed by atoms with E-state index in [4.69, 9.17) is 0 Å². The fourth-order valence-corrected chi connectivity index (χ4v) is 4.47. The minimum Gasteiger partial charge on any atom is -0.317 e. The molecule has 0 aromatic rings. The lowest BCUT2D eigenvalue weighted by molar-refractivity contribution is -0.185. The van der Waals surface area contributed by atoms with Crippen LogP contribution in [-0.4, -0.2) is 73.2 Å². The SMILES string of the molecule is O=C(C1CCNCC1)C12CN3CN(CN(C3)C1)C2. The van der Waals surface area contributed by atoms with E-state index in [0.29, 0.717) is 11.7 Å². The summed E-state index contributed by atoms with van der Waals surface area (Å²) >= 11 is 0. The van der Waals surface area contributed by atoms with Gasteiger partial charge in [0.15, 0.2) is 0 Å². The molecule has 0 aromatic carbocycles. The number of hydrogen-bond acceptors (Lipinski definition) is 5. The third-order valence-corrected chi connectivity index (χ3v) is 5.01. The molecule has 5 heteroatoms. The van der Waals surface area contributed by atoms with Crippen LogP contribution in [0.3, 0.4) is 0 Å². The first kappa shape index (κ1) is 11.3. The molecule has 100 valence electrons. The van der Waals surface area contributed by atoms with Gasteiger partial charge in [-0.3, -0.25) is 19.5 Å². The lowest BCUT2D eigenvalue weighted by Gasteiger charge is -2.60. The van der Waals surface area contributed by atoms with Crippen LogP contribution in [0.4, 0.5) is 0 Å². The normalized spacial score (nSPS) is 47.4. The third kappa shape index (κ3) is 1.65. The summed E-state index contributed by atoms with van der Waals surface area (Å²) in [6, 6.07) is 0. The zero-order valence-electron chi connectivity index (χ0n) is 10.9. The maximum Gasteiger partial charge on any atom is 0.146 e. The van der Waals surface area contributed by atoms with Crippen LogP contribution in [0.25, 0.3) is 0 Å². The van der Waals surface area contributed by atoms with Crippen molar-refractivity contribution in [1.82, 2.24) is 20.0 Å². The highest BCUT2D eigenvalue weighted by Gasteiger charge is 2.53. The van der Waals surface area contributed by atoms with Crippen molar-refractivity contribution in [1.29, 1.82) is 0 Å². The van der Waals surface area contributed by atoms with Crippen LogP contribution < -0.4 is 5.32 Å². The van der Waals surface area contributed by atoms with E-state index in [1.54, 1.807) is 0 Å². The molecule has 0 amide bonds. The summed E-state index contributed by atoms with van der Waals surface area (Å²) in [5, 5.41) is 3.36. The van der Waals surface area contributed by atoms with E-state index in [1.807, 2.05) is 0 Å². The average molecular weight is 250 g/mol. The lowest BCUT2D eigenvalue weighted by atomic mass is 9.71. The summed E-state index contributed by atoms with van der Waals surface area (Å²) in [5.74, 6) is 0.870. The Bertz CT molecular complexity index is 329. The van der Waals surface area contributed by atoms with Gasteiger partial charge in [-0.15, -0.1) is 0 Å². The summed E-state index contributed by atoms with van der Waals surface area (Å²) in [6.45, 7) is 8.24. The van der Waals surface area contributed by atoms with E-state index < -0.39 is 0 Å². The molecule has 18 heavy (non-hydrogen) atoms. The van der Waals surface area contributed by atoms with E-state index in [9.17, 15) is 4.79 Å². The third-order valence-electron chi connectivity index (χ3n) is 5.01. The van der Waals surface area contributed by atoms with Gasteiger partial charge in [0, 0.05) is 25.6 Å². The lowest BCUT2D eigenvalue weighted by Crippen LogP contribution is -2.75. The highest BCUT2D eigenvalue weighted by atomic mass is 16.1. The second-order valence-corrected chi connectivity index (χ2v) is 6.58. The van der Waals surface area contributed by atoms with Crippen LogP contribution in [0.2, 0.25) is 0 Å². The van der Waals surface area contributed by atoms with Crippen molar-refractivity contribution in [2.24, 2.45) is 11.3 Å². The molecule has 0 saturated carbocycles. The monoisotopic (exact) mass is 250 g/mol. The van der Waals surface area contributed by atoms with Gasteiger partial charge in [-0.25, -0.2) is 0 Å². The summed E-state index contributed by atoms with van der Waals surface area (Å²) in [6.07, 6.45) is 2.08. The zero-order chi connectivity index (χ0) is 12.2. The van der Waals surface area contributed by atoms with Crippen molar-refractivity contribution in [2.45, 2.75) is 12.8 Å². The molecule has 1 N–H and O–H groups in total. The fraction of sp³-hybridized carbons (Fsp3) is 0.923. The smallest absolute Gasteiger partial charge is 0.146 e. The molecule has 0 unspecified atom stereocenters. The van der Waals surface area contributed by atoms with E-state index >= 15 is 0 Å². The van der Waals surface area contributed by atoms with Gasteiger partial charge in [0.1, 0.15) is 5.78 Å². The summed E-state index contributed by atoms with van der Waals surface area (Å²) in [5.41, 5.74) is -0.0727. The van der Waals surface area contributed by atoms with Crippen molar-refractivity contribution in [3.8, 4) is 0 Å². The van der Waals surface area contributed by atoms with Crippen molar-refractivity contribution >= 4 is 5.78 Å². The van der Waals surface area contributed by atoms with Gasteiger partial charge in [0.25, 0.3) is 0 Å². The molecule has 0 radical (unpaired) electrons. The van der Waals surface area contributed by atoms with Crippen molar-refractivity contribution in [3.63, 3.8) is 0 Å². The number of hydrogen-bond donors (Lipinski definition) is 1. The number of nitrogens with zero attached hydrogens (tertiary/aromatic N) is 3. The van der Waals surface area contributed by atoms with Crippen LogP contribution >= 0.6 is 0 Å². The number of ketones is 1. The average Bonchev–Trinajstić information content (AvgIpc) is 2.37. The molecule has 5 heterocycles. The van der Waals surface area contributed by atoms with Crippen LogP contribution in [0, 0.1) is 11.3 Å². The summed E-state index contributed by atoms with van der Waals surface area (Å²) in [7, 11) is 0. The molecule has 5 aliphatic heterocycles. The number of piperidine rings is 1. The number of rotatable bonds is 2. The first-order chi connectivity index (χ1) is 8.75. The summed E-state index contributed by atoms with van der Waals surface area (Å²) in [4.78, 5) is 20.3. The zero-order valence-corrected chi connectivity index (χ0v) is 10.9. The van der Waals surface area contributed by atoms with Gasteiger partial charge in [-0.2, -0.15) is 0 Å². The second-order valence-electron chi connectivity index (χ2n) is 6.58. The van der Waals surface area contributed by atoms with Crippen LogP contribution in [-0.2, 0) is 4.79 Å². The van der Waals surface area contributed by atoms with Crippen LogP contribution in [0.5, 0.6) is 0 Å². The Labute approximate surface area is 108 Å². The predicted octanol–water partition coefficient (Wildman–Crippen LogP) is -0.639. The Kier molecular flexibility index (Phi) is 2.52. The van der Waals surface area contributed by atoms with Gasteiger partial charge >= 0.3 is 0 Å². The van der Waals surface area contributed by atoms with E-state index in [0.717, 1.165) is 65.6 Å². The molecular formula is C13H22N4O. The Balaban J connectivity index is 1.57. The molecule has 0 spiro atoms. The number of nitrogens with one attached hydrogen (secondary N) is 1. The highest BCUT2D eigenvalue weighted by Crippen LogP contribution is 2.39. The van der Waals surface area contributed by atoms with Crippen LogP contribution in [0.15, 0.2) is 0 Å². The predicted molar refractivity (Wildman–Crippen MR) is 67.8 cm³/mol. The standard InChI is InChI=1S/C13H22N4O/c18-12(11-1-3-14-4-2-11)13-5-15-8-16(6-13)10-17(7-13)9-15/h11,14H,1-10H2. The Morgan fingerprint density at radius 1 is 0.944 bits per heavy atom. The van der Waals surface area contributed by atoms with Gasteiger partial charge in [-0.1, -0.05) is 0 Å². The number of Topliss-reactive ketones (excluding diaryl/α,β-unsaturated/α-hetero) is 1. The van der Waals surface area contributed by atoms with E-state index in [2.05, 4.69) is 20.0 Å². The Morgan fingerprint density at radius 2 is 1.44 bits per heavy atom. The first-order valence-electron chi connectivity index (χ1n) is 7.17. The molecule has 5 fully saturated rings. The first-order valence-corrected chi connectivity index (χ1v) is 7.17. The molecule has 0 atom stereocenters. The molecule has 5 nitrogen and oxygen atoms in total. The van der Waals surface area contributed by atoms with Crippen molar-refractivity contribution in [2.75, 3.05) is 52.7 Å². The van der Waals surface area contributed by atoms with Crippen molar-refractivity contribution < 1.29 is 4.79 Å². The van der Waals surface area contributed by atoms with E-state index in [1.165, 1.54) is 0 Å².